The van der Waals surface area contributed by atoms with Gasteiger partial charge in [0.25, 0.3) is 0 Å². The monoisotopic (exact) mass is 191 g/mol. The zero-order valence-electron chi connectivity index (χ0n) is 6.20. The first-order chi connectivity index (χ1) is 4.06. The van der Waals surface area contributed by atoms with E-state index < -0.39 is 7.82 Å². The Morgan fingerprint density at radius 1 is 1.50 bits per heavy atom. The molecule has 0 aliphatic carbocycles. The van der Waals surface area contributed by atoms with Crippen LogP contribution in [0.5, 0.6) is 0 Å². The maximum Gasteiger partial charge on any atom is 1.00 e. The number of hydrogen-bond acceptors (Lipinski definition) is 4. The predicted molar refractivity (Wildman–Crippen MR) is 28.5 cm³/mol. The summed E-state index contributed by atoms with van der Waals surface area (Å²) in [5, 5.41) is 0. The summed E-state index contributed by atoms with van der Waals surface area (Å²) in [4.78, 5) is 19.5. The van der Waals surface area contributed by atoms with Crippen LogP contribution in [0.25, 0.3) is 0 Å². The normalized spacial score (nSPS) is 10.7. The summed E-state index contributed by atoms with van der Waals surface area (Å²) >= 11 is 0. The molecule has 0 aromatic carbocycles. The van der Waals surface area contributed by atoms with Crippen molar-refractivity contribution in [1.82, 2.24) is 0 Å². The van der Waals surface area contributed by atoms with Crippen LogP contribution in [0.4, 0.5) is 0 Å². The van der Waals surface area contributed by atoms with Crippen LogP contribution in [-0.4, -0.2) is 6.61 Å². The van der Waals surface area contributed by atoms with E-state index in [9.17, 15) is 14.4 Å². The summed E-state index contributed by atoms with van der Waals surface area (Å²) in [6.07, 6.45) is 1.43. The van der Waals surface area contributed by atoms with E-state index in [0.29, 0.717) is 6.42 Å². The first-order valence-corrected chi connectivity index (χ1v) is 4.19. The summed E-state index contributed by atoms with van der Waals surface area (Å²) in [5.74, 6) is 0. The molecule has 0 amide bonds. The van der Waals surface area contributed by atoms with Gasteiger partial charge in [-0.25, -0.2) is 0 Å². The van der Waals surface area contributed by atoms with Gasteiger partial charge in [-0.3, -0.25) is 0 Å². The maximum atomic E-state index is 9.76. The van der Waals surface area contributed by atoms with E-state index >= 15 is 0 Å². The second-order valence-corrected chi connectivity index (χ2v) is 2.79. The Morgan fingerprint density at radius 2 is 2.00 bits per heavy atom. The van der Waals surface area contributed by atoms with E-state index in [4.69, 9.17) is 0 Å². The molecule has 4 nitrogen and oxygen atoms in total. The van der Waals surface area contributed by atoms with Gasteiger partial charge in [-0.05, 0) is 6.42 Å². The molecule has 0 spiro atoms. The van der Waals surface area contributed by atoms with E-state index in [2.05, 4.69) is 4.52 Å². The molecule has 0 rings (SSSR count). The molecule has 0 fully saturated rings. The van der Waals surface area contributed by atoms with Gasteiger partial charge in [0.05, 0.1) is 14.4 Å². The van der Waals surface area contributed by atoms with Crippen LogP contribution in [0.3, 0.4) is 0 Å². The van der Waals surface area contributed by atoms with Crippen molar-refractivity contribution in [3.63, 3.8) is 0 Å². The zero-order valence-corrected chi connectivity index (χ0v) is 10.2. The van der Waals surface area contributed by atoms with Gasteiger partial charge in [-0.15, -0.1) is 0 Å². The Bertz CT molecular complexity index is 112. The van der Waals surface area contributed by atoms with Crippen molar-refractivity contribution < 1.29 is 70.3 Å². The molecular weight excluding hydrogens is 182 g/mol. The summed E-state index contributed by atoms with van der Waals surface area (Å²) in [6, 6.07) is 0. The summed E-state index contributed by atoms with van der Waals surface area (Å²) in [6.45, 7) is 1.89. The fourth-order valence-electron chi connectivity index (χ4n) is 0.321. The van der Waals surface area contributed by atoms with Crippen molar-refractivity contribution in [1.29, 1.82) is 0 Å². The SMILES string of the molecule is CCCCOP(=O)([O-])[O-].[K+]. The molecule has 0 radical (unpaired) electrons. The van der Waals surface area contributed by atoms with Gasteiger partial charge in [0, 0.05) is 0 Å². The number of hydrogen-bond donors (Lipinski definition) is 0. The van der Waals surface area contributed by atoms with E-state index in [1.165, 1.54) is 0 Å². The molecule has 0 bridgehead atoms. The first kappa shape index (κ1) is 14.3. The average Bonchev–Trinajstić information content (AvgIpc) is 1.63. The van der Waals surface area contributed by atoms with Gasteiger partial charge in [0.1, 0.15) is 0 Å². The minimum Gasteiger partial charge on any atom is -0.790 e. The molecule has 0 aliphatic heterocycles. The molecule has 0 aromatic heterocycles. The summed E-state index contributed by atoms with van der Waals surface area (Å²) in [5.41, 5.74) is 0. The number of phosphoric ester groups is 1. The Kier molecular flexibility index (Phi) is 10.6. The molecule has 0 N–H and O–H groups in total. The van der Waals surface area contributed by atoms with Crippen LogP contribution in [0.2, 0.25) is 0 Å². The Balaban J connectivity index is 0. The average molecular weight is 191 g/mol. The first-order valence-electron chi connectivity index (χ1n) is 2.73. The summed E-state index contributed by atoms with van der Waals surface area (Å²) in [7, 11) is -4.70. The summed E-state index contributed by atoms with van der Waals surface area (Å²) < 4.78 is 13.7. The number of unbranched alkanes of at least 4 members (excludes halogenated alkanes) is 1. The topological polar surface area (TPSA) is 72.4 Å². The van der Waals surface area contributed by atoms with Crippen LogP contribution in [-0.2, 0) is 9.09 Å². The third-order valence-corrected chi connectivity index (χ3v) is 1.25. The van der Waals surface area contributed by atoms with Crippen LogP contribution < -0.4 is 61.2 Å². The van der Waals surface area contributed by atoms with Gasteiger partial charge in [0.15, 0.2) is 0 Å². The third kappa shape index (κ3) is 12.4. The van der Waals surface area contributed by atoms with Crippen LogP contribution in [0.15, 0.2) is 0 Å². The molecule has 0 heterocycles. The van der Waals surface area contributed by atoms with Crippen molar-refractivity contribution in [2.24, 2.45) is 0 Å². The molecule has 6 heteroatoms. The minimum absolute atomic E-state index is 0. The second-order valence-electron chi connectivity index (χ2n) is 1.63. The van der Waals surface area contributed by atoms with Gasteiger partial charge >= 0.3 is 51.4 Å². The third-order valence-electron chi connectivity index (χ3n) is 0.747. The van der Waals surface area contributed by atoms with E-state index in [1.807, 2.05) is 6.92 Å². The molecule has 0 atom stereocenters. The quantitative estimate of drug-likeness (QED) is 0.264. The fraction of sp³-hybridized carbons (Fsp3) is 1.00. The molecule has 56 valence electrons. The molecule has 0 aromatic rings. The molecule has 0 aliphatic rings. The molecule has 0 saturated carbocycles. The van der Waals surface area contributed by atoms with Gasteiger partial charge in [0.2, 0.25) is 0 Å². The Morgan fingerprint density at radius 3 is 2.30 bits per heavy atom. The van der Waals surface area contributed by atoms with E-state index in [-0.39, 0.29) is 58.0 Å². The van der Waals surface area contributed by atoms with Crippen molar-refractivity contribution in [2.45, 2.75) is 19.8 Å². The van der Waals surface area contributed by atoms with Crippen LogP contribution >= 0.6 is 7.82 Å². The van der Waals surface area contributed by atoms with Crippen molar-refractivity contribution in [3.05, 3.63) is 0 Å². The predicted octanol–water partition coefficient (Wildman–Crippen LogP) is -3.36. The van der Waals surface area contributed by atoms with Gasteiger partial charge in [-0.2, -0.15) is 0 Å². The minimum atomic E-state index is -4.70. The van der Waals surface area contributed by atoms with Gasteiger partial charge < -0.3 is 18.9 Å². The molecule has 0 unspecified atom stereocenters. The van der Waals surface area contributed by atoms with E-state index in [0.717, 1.165) is 6.42 Å². The van der Waals surface area contributed by atoms with Crippen molar-refractivity contribution >= 4 is 7.82 Å². The largest absolute Gasteiger partial charge is 1.00 e. The molecule has 10 heavy (non-hydrogen) atoms. The van der Waals surface area contributed by atoms with Crippen LogP contribution in [0.1, 0.15) is 19.8 Å². The standard InChI is InChI=1S/C4H11O4P.K/c1-2-3-4-8-9(5,6)7;/h2-4H2,1H3,(H2,5,6,7);/q;+1/p-2. The van der Waals surface area contributed by atoms with Crippen molar-refractivity contribution in [3.8, 4) is 0 Å². The Hall–Kier alpha value is 1.75. The number of phosphoric acid groups is 1. The maximum absolute atomic E-state index is 9.76. The van der Waals surface area contributed by atoms with Crippen molar-refractivity contribution in [2.75, 3.05) is 6.61 Å². The van der Waals surface area contributed by atoms with Gasteiger partial charge in [-0.1, -0.05) is 13.3 Å². The molecular formula is C4H9KO4P-. The Labute approximate surface area is 103 Å². The zero-order chi connectivity index (χ0) is 7.33. The molecule has 0 saturated heterocycles. The smallest absolute Gasteiger partial charge is 0.790 e. The second kappa shape index (κ2) is 7.40. The van der Waals surface area contributed by atoms with Crippen LogP contribution in [0, 0.1) is 0 Å². The fourth-order valence-corrected chi connectivity index (χ4v) is 0.673. The van der Waals surface area contributed by atoms with E-state index in [1.54, 1.807) is 0 Å². The number of rotatable bonds is 4.